The molecule has 0 fully saturated rings. The molecule has 0 radical (unpaired) electrons. The van der Waals surface area contributed by atoms with Gasteiger partial charge in [-0.2, -0.15) is 0 Å². The van der Waals surface area contributed by atoms with Gasteiger partial charge in [-0.15, -0.1) is 11.3 Å². The molecule has 0 atom stereocenters. The molecule has 0 spiro atoms. The second kappa shape index (κ2) is 7.49. The van der Waals surface area contributed by atoms with Gasteiger partial charge in [0.15, 0.2) is 5.16 Å². The summed E-state index contributed by atoms with van der Waals surface area (Å²) in [5.41, 5.74) is 1.93. The fourth-order valence-electron chi connectivity index (χ4n) is 3.11. The van der Waals surface area contributed by atoms with Crippen LogP contribution in [0.5, 0.6) is 0 Å². The van der Waals surface area contributed by atoms with Crippen LogP contribution in [0, 0.1) is 5.92 Å². The first-order valence-corrected chi connectivity index (χ1v) is 10.9. The van der Waals surface area contributed by atoms with E-state index in [9.17, 15) is 4.79 Å². The second-order valence-corrected chi connectivity index (χ2v) is 10.3. The highest BCUT2D eigenvalue weighted by molar-refractivity contribution is 7.99. The summed E-state index contributed by atoms with van der Waals surface area (Å²) in [6, 6.07) is 0. The van der Waals surface area contributed by atoms with E-state index in [1.165, 1.54) is 0 Å². The lowest BCUT2D eigenvalue weighted by atomic mass is 9.94. The Morgan fingerprint density at radius 3 is 2.85 bits per heavy atom. The molecule has 2 aromatic rings. The Hall–Kier alpha value is -1.11. The molecule has 4 nitrogen and oxygen atoms in total. The van der Waals surface area contributed by atoms with E-state index in [2.05, 4.69) is 34.3 Å². The van der Waals surface area contributed by atoms with Gasteiger partial charge in [-0.1, -0.05) is 37.8 Å². The molecule has 0 amide bonds. The maximum absolute atomic E-state index is 13.4. The maximum Gasteiger partial charge on any atom is 0.263 e. The number of thioether (sulfide) groups is 1. The van der Waals surface area contributed by atoms with Crippen LogP contribution in [0.4, 0.5) is 0 Å². The minimum atomic E-state index is -0.239. The second-order valence-electron chi connectivity index (χ2n) is 8.18. The zero-order valence-electron chi connectivity index (χ0n) is 16.3. The molecular formula is C20H28N2O2S2. The molecule has 0 saturated heterocycles. The summed E-state index contributed by atoms with van der Waals surface area (Å²) in [6.07, 6.45) is 1.86. The van der Waals surface area contributed by atoms with E-state index in [0.29, 0.717) is 19.1 Å². The molecule has 6 heteroatoms. The van der Waals surface area contributed by atoms with Gasteiger partial charge in [-0.05, 0) is 38.7 Å². The molecule has 1 aliphatic heterocycles. The van der Waals surface area contributed by atoms with Crippen molar-refractivity contribution in [3.8, 4) is 0 Å². The number of thiophene rings is 1. The van der Waals surface area contributed by atoms with E-state index in [-0.39, 0.29) is 11.2 Å². The third-order valence-electron chi connectivity index (χ3n) is 4.51. The summed E-state index contributed by atoms with van der Waals surface area (Å²) in [5.74, 6) is 1.61. The smallest absolute Gasteiger partial charge is 0.263 e. The topological polar surface area (TPSA) is 44.1 Å². The Balaban J connectivity index is 2.10. The van der Waals surface area contributed by atoms with E-state index in [1.807, 2.05) is 11.5 Å². The molecular weight excluding hydrogens is 364 g/mol. The largest absolute Gasteiger partial charge is 0.370 e. The van der Waals surface area contributed by atoms with Crippen LogP contribution < -0.4 is 5.56 Å². The number of aromatic nitrogens is 2. The van der Waals surface area contributed by atoms with Gasteiger partial charge in [0.1, 0.15) is 4.83 Å². The summed E-state index contributed by atoms with van der Waals surface area (Å²) in [5, 5.41) is 1.60. The molecule has 0 bridgehead atoms. The summed E-state index contributed by atoms with van der Waals surface area (Å²) >= 11 is 3.29. The third kappa shape index (κ3) is 4.07. The first-order valence-electron chi connectivity index (χ1n) is 9.14. The number of hydrogen-bond acceptors (Lipinski definition) is 5. The lowest BCUT2D eigenvalue weighted by Gasteiger charge is -2.29. The standard InChI is InChI=1S/C20H28N2O2S2/c1-12(2)7-8-25-19-21-17-16(18(23)22(19)10-13(3)4)14-9-20(5,6)24-11-15(14)26-17/h12H,3,7-11H2,1-2,4-6H3. The number of ether oxygens (including phenoxy) is 1. The van der Waals surface area contributed by atoms with Gasteiger partial charge in [-0.25, -0.2) is 4.98 Å². The Labute approximate surface area is 163 Å². The lowest BCUT2D eigenvalue weighted by molar-refractivity contribution is -0.0379. The van der Waals surface area contributed by atoms with Gasteiger partial charge in [0.05, 0.1) is 17.6 Å². The van der Waals surface area contributed by atoms with Crippen LogP contribution in [0.3, 0.4) is 0 Å². The quantitative estimate of drug-likeness (QED) is 0.393. The summed E-state index contributed by atoms with van der Waals surface area (Å²) in [6.45, 7) is 15.6. The van der Waals surface area contributed by atoms with Gasteiger partial charge >= 0.3 is 0 Å². The normalized spacial score (nSPS) is 16.2. The van der Waals surface area contributed by atoms with Crippen LogP contribution in [-0.2, 0) is 24.3 Å². The number of fused-ring (bicyclic) bond motifs is 3. The van der Waals surface area contributed by atoms with Crippen molar-refractivity contribution in [1.82, 2.24) is 9.55 Å². The molecule has 0 aromatic carbocycles. The van der Waals surface area contributed by atoms with Crippen LogP contribution in [0.2, 0.25) is 0 Å². The average molecular weight is 393 g/mol. The van der Waals surface area contributed by atoms with E-state index in [0.717, 1.165) is 50.0 Å². The molecule has 26 heavy (non-hydrogen) atoms. The number of nitrogens with zero attached hydrogens (tertiary/aromatic N) is 2. The molecule has 0 saturated carbocycles. The Morgan fingerprint density at radius 2 is 2.19 bits per heavy atom. The van der Waals surface area contributed by atoms with Gasteiger partial charge in [0.2, 0.25) is 0 Å². The Morgan fingerprint density at radius 1 is 1.46 bits per heavy atom. The zero-order valence-corrected chi connectivity index (χ0v) is 18.0. The lowest BCUT2D eigenvalue weighted by Crippen LogP contribution is -2.32. The van der Waals surface area contributed by atoms with Crippen molar-refractivity contribution in [2.24, 2.45) is 5.92 Å². The Kier molecular flexibility index (Phi) is 5.66. The van der Waals surface area contributed by atoms with Crippen LogP contribution in [0.25, 0.3) is 10.2 Å². The van der Waals surface area contributed by atoms with E-state index >= 15 is 0 Å². The fourth-order valence-corrected chi connectivity index (χ4v) is 5.49. The monoisotopic (exact) mass is 392 g/mol. The first kappa shape index (κ1) is 19.6. The highest BCUT2D eigenvalue weighted by Crippen LogP contribution is 2.37. The SMILES string of the molecule is C=C(C)Cn1c(SCCC(C)C)nc2sc3c(c2c1=O)CC(C)(C)OC3. The van der Waals surface area contributed by atoms with E-state index in [1.54, 1.807) is 23.1 Å². The van der Waals surface area contributed by atoms with Gasteiger partial charge in [0, 0.05) is 23.6 Å². The van der Waals surface area contributed by atoms with E-state index in [4.69, 9.17) is 9.72 Å². The van der Waals surface area contributed by atoms with Crippen LogP contribution in [-0.4, -0.2) is 20.9 Å². The zero-order chi connectivity index (χ0) is 19.1. The molecule has 0 N–H and O–H groups in total. The van der Waals surface area contributed by atoms with Crippen LogP contribution in [0.1, 0.15) is 51.5 Å². The van der Waals surface area contributed by atoms with Crippen molar-refractivity contribution in [2.75, 3.05) is 5.75 Å². The van der Waals surface area contributed by atoms with Crippen molar-refractivity contribution >= 4 is 33.3 Å². The Bertz CT molecular complexity index is 893. The minimum absolute atomic E-state index is 0.0697. The molecule has 0 aliphatic carbocycles. The molecule has 3 rings (SSSR count). The third-order valence-corrected chi connectivity index (χ3v) is 6.62. The molecule has 3 heterocycles. The number of allylic oxidation sites excluding steroid dienone is 1. The highest BCUT2D eigenvalue weighted by Gasteiger charge is 2.31. The maximum atomic E-state index is 13.4. The van der Waals surface area contributed by atoms with Crippen molar-refractivity contribution in [3.63, 3.8) is 0 Å². The van der Waals surface area contributed by atoms with Gasteiger partial charge < -0.3 is 4.74 Å². The summed E-state index contributed by atoms with van der Waals surface area (Å²) in [4.78, 5) is 20.2. The summed E-state index contributed by atoms with van der Waals surface area (Å²) < 4.78 is 7.74. The molecule has 142 valence electrons. The van der Waals surface area contributed by atoms with Crippen LogP contribution >= 0.6 is 23.1 Å². The van der Waals surface area contributed by atoms with Gasteiger partial charge in [-0.3, -0.25) is 9.36 Å². The highest BCUT2D eigenvalue weighted by atomic mass is 32.2. The predicted octanol–water partition coefficient (Wildman–Crippen LogP) is 5.02. The molecule has 2 aromatic heterocycles. The first-order chi connectivity index (χ1) is 12.2. The van der Waals surface area contributed by atoms with Crippen molar-refractivity contribution < 1.29 is 4.74 Å². The van der Waals surface area contributed by atoms with Crippen molar-refractivity contribution in [1.29, 1.82) is 0 Å². The summed E-state index contributed by atoms with van der Waals surface area (Å²) in [7, 11) is 0. The fraction of sp³-hybridized carbons (Fsp3) is 0.600. The number of rotatable bonds is 6. The molecule has 1 aliphatic rings. The van der Waals surface area contributed by atoms with Gasteiger partial charge in [0.25, 0.3) is 5.56 Å². The molecule has 0 unspecified atom stereocenters. The number of hydrogen-bond donors (Lipinski definition) is 0. The van der Waals surface area contributed by atoms with E-state index < -0.39 is 0 Å². The predicted molar refractivity (Wildman–Crippen MR) is 111 cm³/mol. The van der Waals surface area contributed by atoms with Crippen LogP contribution in [0.15, 0.2) is 22.1 Å². The van der Waals surface area contributed by atoms with Crippen molar-refractivity contribution in [2.45, 2.75) is 71.4 Å². The average Bonchev–Trinajstić information content (AvgIpc) is 2.86. The minimum Gasteiger partial charge on any atom is -0.370 e. The van der Waals surface area contributed by atoms with Crippen molar-refractivity contribution in [3.05, 3.63) is 32.9 Å².